The summed E-state index contributed by atoms with van der Waals surface area (Å²) in [6.07, 6.45) is 4.15. The predicted octanol–water partition coefficient (Wildman–Crippen LogP) is 0.563. The molecule has 0 saturated heterocycles. The lowest BCUT2D eigenvalue weighted by molar-refractivity contribution is -0.143. The number of hydrogen-bond acceptors (Lipinski definition) is 5. The van der Waals surface area contributed by atoms with Gasteiger partial charge in [-0.3, -0.25) is 9.59 Å². The highest BCUT2D eigenvalue weighted by atomic mass is 35.5. The van der Waals surface area contributed by atoms with E-state index < -0.39 is 24.4 Å². The first-order valence-corrected chi connectivity index (χ1v) is 9.69. The van der Waals surface area contributed by atoms with Gasteiger partial charge in [-0.25, -0.2) is 0 Å². The van der Waals surface area contributed by atoms with Crippen molar-refractivity contribution in [2.24, 2.45) is 11.1 Å². The number of nitrogens with two attached hydrogens (primary N) is 1. The number of amides is 2. The molecule has 0 spiro atoms. The van der Waals surface area contributed by atoms with E-state index in [0.717, 1.165) is 18.4 Å². The Kier molecular flexibility index (Phi) is 10.5. The van der Waals surface area contributed by atoms with Crippen LogP contribution < -0.4 is 16.4 Å². The molecule has 156 valence electrons. The van der Waals surface area contributed by atoms with Crippen molar-refractivity contribution >= 4 is 31.3 Å². The lowest BCUT2D eigenvalue weighted by Gasteiger charge is -2.29. The van der Waals surface area contributed by atoms with Gasteiger partial charge in [0.15, 0.2) is 0 Å². The molecule has 1 fully saturated rings. The zero-order valence-corrected chi connectivity index (χ0v) is 16.9. The van der Waals surface area contributed by atoms with Gasteiger partial charge >= 0.3 is 7.12 Å². The Bertz CT molecular complexity index is 612. The summed E-state index contributed by atoms with van der Waals surface area (Å²) in [7, 11) is -1.68. The van der Waals surface area contributed by atoms with Crippen molar-refractivity contribution < 1.29 is 19.6 Å². The summed E-state index contributed by atoms with van der Waals surface area (Å²) in [5, 5.41) is 24.6. The van der Waals surface area contributed by atoms with Crippen molar-refractivity contribution in [3.63, 3.8) is 0 Å². The molecule has 0 radical (unpaired) electrons. The van der Waals surface area contributed by atoms with Gasteiger partial charge in [-0.15, -0.1) is 12.4 Å². The Hall–Kier alpha value is -1.61. The number of nitrogens with one attached hydrogen (secondary N) is 2. The van der Waals surface area contributed by atoms with E-state index >= 15 is 0 Å². The first-order valence-electron chi connectivity index (χ1n) is 9.69. The first-order chi connectivity index (χ1) is 13.0. The molecule has 28 heavy (non-hydrogen) atoms. The molecule has 1 aromatic carbocycles. The molecule has 2 rings (SSSR count). The Balaban J connectivity index is 0.00000392. The van der Waals surface area contributed by atoms with E-state index in [1.165, 1.54) is 0 Å². The van der Waals surface area contributed by atoms with Crippen LogP contribution in [0.25, 0.3) is 0 Å². The summed E-state index contributed by atoms with van der Waals surface area (Å²) in [4.78, 5) is 25.7. The maximum absolute atomic E-state index is 12.9. The summed E-state index contributed by atoms with van der Waals surface area (Å²) in [6, 6.07) is 9.83. The quantitative estimate of drug-likeness (QED) is 0.284. The fourth-order valence-corrected chi connectivity index (χ4v) is 3.61. The SMILES string of the molecule is Cl.NCCCC(NC(=O)C1(C(=O)NCCc2ccccc2)CCCC1)B(O)O. The zero-order chi connectivity index (χ0) is 19.7. The van der Waals surface area contributed by atoms with Crippen LogP contribution in [0.3, 0.4) is 0 Å². The van der Waals surface area contributed by atoms with Gasteiger partial charge in [-0.2, -0.15) is 0 Å². The third-order valence-electron chi connectivity index (χ3n) is 5.26. The molecule has 1 aromatic rings. The third-order valence-corrected chi connectivity index (χ3v) is 5.26. The van der Waals surface area contributed by atoms with E-state index in [2.05, 4.69) is 10.6 Å². The molecule has 7 nitrogen and oxygen atoms in total. The molecule has 6 N–H and O–H groups in total. The molecule has 0 heterocycles. The maximum atomic E-state index is 12.9. The molecule has 2 amide bonds. The Morgan fingerprint density at radius 2 is 1.79 bits per heavy atom. The van der Waals surface area contributed by atoms with Gasteiger partial charge in [0, 0.05) is 6.54 Å². The Morgan fingerprint density at radius 1 is 1.14 bits per heavy atom. The largest absolute Gasteiger partial charge is 0.475 e. The maximum Gasteiger partial charge on any atom is 0.475 e. The molecular weight excluding hydrogens is 380 g/mol. The van der Waals surface area contributed by atoms with E-state index in [9.17, 15) is 19.6 Å². The summed E-state index contributed by atoms with van der Waals surface area (Å²) in [5.41, 5.74) is 5.45. The van der Waals surface area contributed by atoms with Gasteiger partial charge in [0.05, 0.1) is 5.94 Å². The fourth-order valence-electron chi connectivity index (χ4n) is 3.61. The van der Waals surface area contributed by atoms with Crippen LogP contribution in [0.15, 0.2) is 30.3 Å². The van der Waals surface area contributed by atoms with Gasteiger partial charge in [0.1, 0.15) is 5.41 Å². The van der Waals surface area contributed by atoms with Crippen molar-refractivity contribution in [3.8, 4) is 0 Å². The fraction of sp³-hybridized carbons (Fsp3) is 0.579. The second-order valence-corrected chi connectivity index (χ2v) is 7.21. The van der Waals surface area contributed by atoms with Gasteiger partial charge in [-0.1, -0.05) is 43.2 Å². The molecule has 0 bridgehead atoms. The second kappa shape index (κ2) is 12.1. The second-order valence-electron chi connectivity index (χ2n) is 7.21. The number of halogens is 1. The minimum absolute atomic E-state index is 0. The van der Waals surface area contributed by atoms with Crippen LogP contribution in [0.1, 0.15) is 44.1 Å². The van der Waals surface area contributed by atoms with E-state index in [-0.39, 0.29) is 18.3 Å². The number of hydrogen-bond donors (Lipinski definition) is 5. The molecule has 9 heteroatoms. The topological polar surface area (TPSA) is 125 Å². The zero-order valence-electron chi connectivity index (χ0n) is 16.1. The summed E-state index contributed by atoms with van der Waals surface area (Å²) in [6.45, 7) is 0.849. The van der Waals surface area contributed by atoms with Gasteiger partial charge < -0.3 is 26.4 Å². The van der Waals surface area contributed by atoms with E-state index in [1.807, 2.05) is 30.3 Å². The van der Waals surface area contributed by atoms with Crippen molar-refractivity contribution in [2.75, 3.05) is 13.1 Å². The summed E-state index contributed by atoms with van der Waals surface area (Å²) >= 11 is 0. The van der Waals surface area contributed by atoms with Crippen LogP contribution in [-0.4, -0.2) is 48.0 Å². The average molecular weight is 412 g/mol. The van der Waals surface area contributed by atoms with E-state index in [0.29, 0.717) is 45.2 Å². The molecule has 1 unspecified atom stereocenters. The van der Waals surface area contributed by atoms with Crippen molar-refractivity contribution in [1.29, 1.82) is 0 Å². The highest BCUT2D eigenvalue weighted by Crippen LogP contribution is 2.38. The van der Waals surface area contributed by atoms with Crippen molar-refractivity contribution in [3.05, 3.63) is 35.9 Å². The van der Waals surface area contributed by atoms with Gasteiger partial charge in [-0.05, 0) is 44.2 Å². The van der Waals surface area contributed by atoms with Gasteiger partial charge in [0.25, 0.3) is 0 Å². The smallest absolute Gasteiger partial charge is 0.426 e. The summed E-state index contributed by atoms with van der Waals surface area (Å²) in [5.74, 6) is -1.53. The van der Waals surface area contributed by atoms with E-state index in [1.54, 1.807) is 0 Å². The monoisotopic (exact) mass is 411 g/mol. The van der Waals surface area contributed by atoms with Crippen LogP contribution in [0.4, 0.5) is 0 Å². The lowest BCUT2D eigenvalue weighted by Crippen LogP contribution is -2.56. The standard InChI is InChI=1S/C19H30BN3O4.ClH/c21-13-6-9-16(20(26)27)23-18(25)19(11-4-5-12-19)17(24)22-14-10-15-7-2-1-3-8-15;/h1-3,7-8,16,26-27H,4-6,9-14,21H2,(H,22,24)(H,23,25);1H. The third kappa shape index (κ3) is 6.48. The van der Waals surface area contributed by atoms with Crippen LogP contribution in [0.5, 0.6) is 0 Å². The highest BCUT2D eigenvalue weighted by molar-refractivity contribution is 6.43. The molecule has 1 saturated carbocycles. The Labute approximate surface area is 173 Å². The lowest BCUT2D eigenvalue weighted by atomic mass is 9.75. The molecule has 0 aromatic heterocycles. The van der Waals surface area contributed by atoms with Crippen LogP contribution in [0.2, 0.25) is 0 Å². The average Bonchev–Trinajstić information content (AvgIpc) is 3.17. The van der Waals surface area contributed by atoms with Crippen molar-refractivity contribution in [1.82, 2.24) is 10.6 Å². The first kappa shape index (κ1) is 24.4. The molecule has 1 atom stereocenters. The molecule has 1 aliphatic carbocycles. The van der Waals surface area contributed by atoms with Gasteiger partial charge in [0.2, 0.25) is 11.8 Å². The minimum Gasteiger partial charge on any atom is -0.426 e. The number of benzene rings is 1. The van der Waals surface area contributed by atoms with Crippen LogP contribution >= 0.6 is 12.4 Å². The highest BCUT2D eigenvalue weighted by Gasteiger charge is 2.48. The minimum atomic E-state index is -1.68. The molecule has 0 aliphatic heterocycles. The van der Waals surface area contributed by atoms with Crippen LogP contribution in [0, 0.1) is 5.41 Å². The predicted molar refractivity (Wildman–Crippen MR) is 112 cm³/mol. The molecule has 1 aliphatic rings. The van der Waals surface area contributed by atoms with Crippen molar-refractivity contribution in [2.45, 2.75) is 50.9 Å². The number of carbonyl (C=O) groups excluding carboxylic acids is 2. The Morgan fingerprint density at radius 3 is 2.36 bits per heavy atom. The molecular formula is C19H31BClN3O4. The van der Waals surface area contributed by atoms with Crippen LogP contribution in [-0.2, 0) is 16.0 Å². The number of rotatable bonds is 10. The normalized spacial score (nSPS) is 16.0. The number of carbonyl (C=O) groups is 2. The van der Waals surface area contributed by atoms with E-state index in [4.69, 9.17) is 5.73 Å². The summed E-state index contributed by atoms with van der Waals surface area (Å²) < 4.78 is 0.